The number of allylic oxidation sites excluding steroid dienone is 12. The third-order valence-electron chi connectivity index (χ3n) is 14.2. The first-order valence-corrected chi connectivity index (χ1v) is 21.3. The molecule has 4 aliphatic carbocycles. The van der Waals surface area contributed by atoms with Crippen LogP contribution in [0.4, 0.5) is 0 Å². The Morgan fingerprint density at radius 1 is 0.576 bits per heavy atom. The standard InChI is InChI=1S/C57H46N2/c1-36-13-11-14-38(31-36)37-22-26-42(27-23-37)58-51-20-8-6-18-44(51)46-32-39(24-28-52(46)58)40-25-29-53-47(33-40)48-34-45-43-17-5-7-19-49(43)56(2,3)50(45)35-54(48)59(53)55-21-12-16-41-15-9-10-30-57(41,55)4/h5-12,14-36,55H,13H2,1-4H3. The molecule has 12 rings (SSSR count). The van der Waals surface area contributed by atoms with E-state index >= 15 is 0 Å². The lowest BCUT2D eigenvalue weighted by Crippen LogP contribution is -2.31. The molecule has 2 aromatic heterocycles. The number of hydrogen-bond acceptors (Lipinski definition) is 0. The maximum Gasteiger partial charge on any atom is 0.0654 e. The van der Waals surface area contributed by atoms with Gasteiger partial charge in [-0.3, -0.25) is 0 Å². The van der Waals surface area contributed by atoms with E-state index in [0.717, 1.165) is 6.42 Å². The fraction of sp³-hybridized carbons (Fsp3) is 0.158. The molecule has 0 spiro atoms. The molecule has 0 saturated heterocycles. The molecule has 3 atom stereocenters. The molecule has 3 unspecified atom stereocenters. The number of benzene rings is 6. The van der Waals surface area contributed by atoms with Gasteiger partial charge in [0, 0.05) is 43.6 Å². The highest BCUT2D eigenvalue weighted by atomic mass is 15.0. The highest BCUT2D eigenvalue weighted by Crippen LogP contribution is 2.53. The van der Waals surface area contributed by atoms with Crippen LogP contribution in [0.1, 0.15) is 56.8 Å². The van der Waals surface area contributed by atoms with Crippen LogP contribution in [0.15, 0.2) is 188 Å². The fourth-order valence-corrected chi connectivity index (χ4v) is 11.0. The van der Waals surface area contributed by atoms with Crippen LogP contribution < -0.4 is 0 Å². The Labute approximate surface area is 346 Å². The van der Waals surface area contributed by atoms with Crippen LogP contribution in [0.5, 0.6) is 0 Å². The average Bonchev–Trinajstić information content (AvgIpc) is 3.84. The Morgan fingerprint density at radius 3 is 2.12 bits per heavy atom. The van der Waals surface area contributed by atoms with Crippen LogP contribution in [0.3, 0.4) is 0 Å². The van der Waals surface area contributed by atoms with E-state index in [1.807, 2.05) is 0 Å². The van der Waals surface area contributed by atoms with E-state index in [1.165, 1.54) is 99.4 Å². The van der Waals surface area contributed by atoms with Crippen molar-refractivity contribution >= 4 is 49.2 Å². The molecule has 6 aromatic carbocycles. The zero-order valence-corrected chi connectivity index (χ0v) is 34.1. The van der Waals surface area contributed by atoms with E-state index in [9.17, 15) is 0 Å². The molecule has 2 nitrogen and oxygen atoms in total. The largest absolute Gasteiger partial charge is 0.332 e. The smallest absolute Gasteiger partial charge is 0.0654 e. The molecule has 0 saturated carbocycles. The lowest BCUT2D eigenvalue weighted by Gasteiger charge is -2.40. The van der Waals surface area contributed by atoms with E-state index in [4.69, 9.17) is 0 Å². The van der Waals surface area contributed by atoms with Crippen LogP contribution in [-0.2, 0) is 5.41 Å². The second-order valence-electron chi connectivity index (χ2n) is 18.0. The fourth-order valence-electron chi connectivity index (χ4n) is 11.0. The molecular weight excluding hydrogens is 713 g/mol. The monoisotopic (exact) mass is 758 g/mol. The van der Waals surface area contributed by atoms with Crippen molar-refractivity contribution in [2.75, 3.05) is 0 Å². The molecule has 0 bridgehead atoms. The van der Waals surface area contributed by atoms with Gasteiger partial charge in [0.15, 0.2) is 0 Å². The van der Waals surface area contributed by atoms with Gasteiger partial charge in [0.25, 0.3) is 0 Å². The van der Waals surface area contributed by atoms with Crippen LogP contribution in [0.25, 0.3) is 77.1 Å². The molecule has 4 aliphatic rings. The number of nitrogens with zero attached hydrogens (tertiary/aromatic N) is 2. The number of aromatic nitrogens is 2. The first-order chi connectivity index (χ1) is 28.8. The van der Waals surface area contributed by atoms with E-state index in [2.05, 4.69) is 219 Å². The van der Waals surface area contributed by atoms with Gasteiger partial charge in [0.1, 0.15) is 0 Å². The van der Waals surface area contributed by atoms with Crippen molar-refractivity contribution in [1.82, 2.24) is 9.13 Å². The number of para-hydroxylation sites is 1. The van der Waals surface area contributed by atoms with Crippen molar-refractivity contribution in [1.29, 1.82) is 0 Å². The number of rotatable bonds is 4. The highest BCUT2D eigenvalue weighted by molar-refractivity contribution is 6.13. The normalized spacial score (nSPS) is 21.3. The summed E-state index contributed by atoms with van der Waals surface area (Å²) in [5, 5.41) is 5.15. The van der Waals surface area contributed by atoms with Crippen LogP contribution in [-0.4, -0.2) is 9.13 Å². The Hall–Kier alpha value is -6.64. The Balaban J connectivity index is 1.04. The van der Waals surface area contributed by atoms with Gasteiger partial charge in [-0.05, 0) is 124 Å². The Morgan fingerprint density at radius 2 is 1.29 bits per heavy atom. The molecule has 0 N–H and O–H groups in total. The van der Waals surface area contributed by atoms with Crippen LogP contribution >= 0.6 is 0 Å². The van der Waals surface area contributed by atoms with Gasteiger partial charge in [-0.2, -0.15) is 0 Å². The molecule has 59 heavy (non-hydrogen) atoms. The lowest BCUT2D eigenvalue weighted by molar-refractivity contribution is 0.378. The van der Waals surface area contributed by atoms with E-state index < -0.39 is 0 Å². The number of hydrogen-bond donors (Lipinski definition) is 0. The summed E-state index contributed by atoms with van der Waals surface area (Å²) in [6, 6.07) is 46.4. The quantitative estimate of drug-likeness (QED) is 0.169. The van der Waals surface area contributed by atoms with E-state index in [1.54, 1.807) is 0 Å². The summed E-state index contributed by atoms with van der Waals surface area (Å²) in [6.45, 7) is 9.47. The lowest BCUT2D eigenvalue weighted by atomic mass is 9.70. The average molecular weight is 759 g/mol. The van der Waals surface area contributed by atoms with Gasteiger partial charge in [-0.15, -0.1) is 0 Å². The van der Waals surface area contributed by atoms with Crippen molar-refractivity contribution in [3.63, 3.8) is 0 Å². The van der Waals surface area contributed by atoms with Crippen molar-refractivity contribution in [2.24, 2.45) is 11.3 Å². The summed E-state index contributed by atoms with van der Waals surface area (Å²) >= 11 is 0. The van der Waals surface area contributed by atoms with E-state index in [-0.39, 0.29) is 16.9 Å². The number of fused-ring (bicyclic) bond motifs is 10. The topological polar surface area (TPSA) is 9.86 Å². The molecule has 2 heterocycles. The summed E-state index contributed by atoms with van der Waals surface area (Å²) < 4.78 is 5.07. The molecule has 0 amide bonds. The summed E-state index contributed by atoms with van der Waals surface area (Å²) in [5.41, 5.74) is 17.9. The molecule has 0 radical (unpaired) electrons. The van der Waals surface area contributed by atoms with Crippen molar-refractivity contribution in [3.05, 3.63) is 204 Å². The first kappa shape index (κ1) is 34.4. The first-order valence-electron chi connectivity index (χ1n) is 21.3. The van der Waals surface area contributed by atoms with Gasteiger partial charge >= 0.3 is 0 Å². The predicted molar refractivity (Wildman–Crippen MR) is 250 cm³/mol. The molecule has 2 heteroatoms. The predicted octanol–water partition coefficient (Wildman–Crippen LogP) is 15.0. The summed E-state index contributed by atoms with van der Waals surface area (Å²) in [4.78, 5) is 0. The minimum absolute atomic E-state index is 0.0863. The molecule has 284 valence electrons. The zero-order valence-electron chi connectivity index (χ0n) is 34.1. The molecule has 0 aliphatic heterocycles. The second-order valence-corrected chi connectivity index (χ2v) is 18.0. The van der Waals surface area contributed by atoms with Gasteiger partial charge in [-0.25, -0.2) is 0 Å². The van der Waals surface area contributed by atoms with Crippen molar-refractivity contribution in [2.45, 2.75) is 45.6 Å². The maximum atomic E-state index is 2.64. The van der Waals surface area contributed by atoms with Crippen LogP contribution in [0, 0.1) is 11.3 Å². The minimum atomic E-state index is -0.166. The van der Waals surface area contributed by atoms with Gasteiger partial charge < -0.3 is 9.13 Å². The summed E-state index contributed by atoms with van der Waals surface area (Å²) in [6.07, 6.45) is 24.1. The zero-order chi connectivity index (χ0) is 39.6. The minimum Gasteiger partial charge on any atom is -0.332 e. The molecule has 8 aromatic rings. The third kappa shape index (κ3) is 4.93. The summed E-state index contributed by atoms with van der Waals surface area (Å²) in [7, 11) is 0. The Kier molecular flexibility index (Phi) is 7.25. The van der Waals surface area contributed by atoms with Crippen molar-refractivity contribution < 1.29 is 0 Å². The summed E-state index contributed by atoms with van der Waals surface area (Å²) in [5.74, 6) is 0.570. The van der Waals surface area contributed by atoms with Gasteiger partial charge in [0.2, 0.25) is 0 Å². The van der Waals surface area contributed by atoms with Gasteiger partial charge in [0.05, 0.1) is 22.6 Å². The van der Waals surface area contributed by atoms with Gasteiger partial charge in [-0.1, -0.05) is 148 Å². The molecule has 0 fully saturated rings. The van der Waals surface area contributed by atoms with E-state index in [0.29, 0.717) is 5.92 Å². The van der Waals surface area contributed by atoms with Crippen LogP contribution in [0.2, 0.25) is 0 Å². The third-order valence-corrected chi connectivity index (χ3v) is 14.2. The highest BCUT2D eigenvalue weighted by Gasteiger charge is 2.40. The SMILES string of the molecule is CC1C=C(c2ccc(-n3c4ccccc4c4cc(-c5ccc6c(c5)c5cc7c(cc5n6C5C=CC=C6C=CC=CC65C)C(C)(C)c5ccccc5-7)ccc43)cc2)C=CC1. The maximum absolute atomic E-state index is 2.64. The van der Waals surface area contributed by atoms with Crippen molar-refractivity contribution in [3.8, 4) is 27.9 Å². The second kappa shape index (κ2) is 12.4. The molecular formula is C57H46N2. The Bertz CT molecular complexity index is 3290.